The van der Waals surface area contributed by atoms with Gasteiger partial charge in [-0.05, 0) is 43.4 Å². The Bertz CT molecular complexity index is 1140. The number of alkyl carbamates (subject to hydrolysis) is 1. The Balaban J connectivity index is 1.61. The number of guanidine groups is 1. The third-order valence-corrected chi connectivity index (χ3v) is 8.51. The summed E-state index contributed by atoms with van der Waals surface area (Å²) in [4.78, 5) is 45.8. The number of esters is 1. The number of hydrogen-bond acceptors (Lipinski definition) is 8. The number of amides is 2. The second-order valence-electron chi connectivity index (χ2n) is 11.6. The smallest absolute Gasteiger partial charge is 0.413 e. The van der Waals surface area contributed by atoms with Crippen molar-refractivity contribution in [3.05, 3.63) is 23.8 Å². The lowest BCUT2D eigenvalue weighted by Crippen LogP contribution is -2.47. The molecule has 1 aromatic rings. The minimum absolute atomic E-state index is 0.0902. The first-order valence-electron chi connectivity index (χ1n) is 14.8. The molecule has 1 aromatic carbocycles. The average Bonchev–Trinajstić information content (AvgIpc) is 2.96. The molecule has 0 saturated heterocycles. The zero-order valence-electron chi connectivity index (χ0n) is 25.4. The molecule has 1 aliphatic heterocycles. The van der Waals surface area contributed by atoms with Crippen LogP contribution in [0.4, 0.5) is 10.5 Å². The Morgan fingerprint density at radius 1 is 1.09 bits per heavy atom. The van der Waals surface area contributed by atoms with E-state index in [0.717, 1.165) is 18.4 Å². The minimum Gasteiger partial charge on any atom is -0.494 e. The first-order chi connectivity index (χ1) is 20.3. The van der Waals surface area contributed by atoms with E-state index in [-0.39, 0.29) is 44.1 Å². The van der Waals surface area contributed by atoms with Gasteiger partial charge in [0.2, 0.25) is 11.9 Å². The minimum atomic E-state index is -1.58. The van der Waals surface area contributed by atoms with Gasteiger partial charge in [0.25, 0.3) is 0 Å². The van der Waals surface area contributed by atoms with E-state index in [2.05, 4.69) is 10.3 Å². The summed E-state index contributed by atoms with van der Waals surface area (Å²) in [7, 11) is 1.90. The second kappa shape index (κ2) is 16.6. The van der Waals surface area contributed by atoms with Crippen LogP contribution in [0.5, 0.6) is 5.75 Å². The quantitative estimate of drug-likeness (QED) is 0.157. The van der Waals surface area contributed by atoms with Crippen molar-refractivity contribution in [2.24, 2.45) is 16.8 Å². The van der Waals surface area contributed by atoms with Gasteiger partial charge in [0, 0.05) is 37.5 Å². The molecule has 13 heteroatoms. The van der Waals surface area contributed by atoms with Gasteiger partial charge in [-0.2, -0.15) is 0 Å². The van der Waals surface area contributed by atoms with Crippen LogP contribution < -0.4 is 10.1 Å². The van der Waals surface area contributed by atoms with Crippen molar-refractivity contribution in [3.63, 3.8) is 0 Å². The summed E-state index contributed by atoms with van der Waals surface area (Å²) in [6.07, 6.45) is 6.12. The summed E-state index contributed by atoms with van der Waals surface area (Å²) in [5.41, 5.74) is 1.40. The monoisotopic (exact) mass is 660 g/mol. The highest BCUT2D eigenvalue weighted by Gasteiger charge is 2.31. The molecule has 1 saturated carbocycles. The molecule has 0 spiro atoms. The number of ether oxygens (including phenoxy) is 3. The van der Waals surface area contributed by atoms with Crippen LogP contribution in [0, 0.1) is 11.8 Å². The molecule has 240 valence electrons. The lowest BCUT2D eigenvalue weighted by molar-refractivity contribution is -0.145. The molecule has 1 heterocycles. The van der Waals surface area contributed by atoms with Gasteiger partial charge in [-0.15, -0.1) is 0 Å². The zero-order chi connectivity index (χ0) is 31.6. The number of carbonyl (C=O) groups is 3. The Labute approximate surface area is 269 Å². The summed E-state index contributed by atoms with van der Waals surface area (Å²) >= 11 is 17.7. The highest BCUT2D eigenvalue weighted by atomic mass is 35.6. The zero-order valence-corrected chi connectivity index (χ0v) is 27.6. The molecule has 3 rings (SSSR count). The molecule has 0 aromatic heterocycles. The molecular weight excluding hydrogens is 619 g/mol. The van der Waals surface area contributed by atoms with Gasteiger partial charge in [-0.25, -0.2) is 9.79 Å². The van der Waals surface area contributed by atoms with Crippen LogP contribution in [0.3, 0.4) is 0 Å². The van der Waals surface area contributed by atoms with E-state index < -0.39 is 21.8 Å². The van der Waals surface area contributed by atoms with E-state index >= 15 is 0 Å². The Kier molecular flexibility index (Phi) is 13.5. The molecule has 10 nitrogen and oxygen atoms in total. The van der Waals surface area contributed by atoms with Crippen LogP contribution in [0.1, 0.15) is 71.3 Å². The predicted octanol–water partition coefficient (Wildman–Crippen LogP) is 6.37. The summed E-state index contributed by atoms with van der Waals surface area (Å²) < 4.78 is 14.9. The van der Waals surface area contributed by atoms with E-state index in [0.29, 0.717) is 36.9 Å². The van der Waals surface area contributed by atoms with E-state index in [9.17, 15) is 14.4 Å². The number of carbonyl (C=O) groups excluding carboxylic acids is 3. The van der Waals surface area contributed by atoms with Crippen LogP contribution in [0.2, 0.25) is 0 Å². The van der Waals surface area contributed by atoms with Crippen LogP contribution in [0.15, 0.2) is 23.2 Å². The van der Waals surface area contributed by atoms with Gasteiger partial charge >= 0.3 is 12.1 Å². The predicted molar refractivity (Wildman–Crippen MR) is 168 cm³/mol. The van der Waals surface area contributed by atoms with E-state index in [1.54, 1.807) is 24.0 Å². The SMILES string of the molecule is CC(C)COC(=O)NC1=Nc2ccc(OCCCC(=O)N(C)C3CCCCC3)cc2CN1CC(=O)OCC(C)C(Cl)(Cl)Cl. The van der Waals surface area contributed by atoms with Crippen molar-refractivity contribution >= 4 is 64.4 Å². The Hall–Kier alpha value is -2.43. The van der Waals surface area contributed by atoms with Crippen molar-refractivity contribution in [1.82, 2.24) is 15.1 Å². The summed E-state index contributed by atoms with van der Waals surface area (Å²) in [6, 6.07) is 5.76. The van der Waals surface area contributed by atoms with Gasteiger partial charge in [-0.1, -0.05) is 74.8 Å². The first kappa shape index (κ1) is 35.1. The fourth-order valence-corrected chi connectivity index (χ4v) is 4.92. The molecule has 1 atom stereocenters. The maximum absolute atomic E-state index is 12.7. The number of nitrogens with one attached hydrogen (secondary N) is 1. The number of aliphatic imine (C=N–C) groups is 1. The third kappa shape index (κ3) is 11.5. The largest absolute Gasteiger partial charge is 0.494 e. The number of rotatable bonds is 12. The Morgan fingerprint density at radius 2 is 1.81 bits per heavy atom. The van der Waals surface area contributed by atoms with Gasteiger partial charge in [0.1, 0.15) is 12.3 Å². The van der Waals surface area contributed by atoms with E-state index in [1.807, 2.05) is 31.9 Å². The lowest BCUT2D eigenvalue weighted by Gasteiger charge is -2.31. The van der Waals surface area contributed by atoms with Crippen molar-refractivity contribution < 1.29 is 28.6 Å². The molecule has 1 N–H and O–H groups in total. The summed E-state index contributed by atoms with van der Waals surface area (Å²) in [6.45, 7) is 6.07. The average molecular weight is 662 g/mol. The normalized spacial score (nSPS) is 16.2. The number of benzene rings is 1. The molecule has 43 heavy (non-hydrogen) atoms. The van der Waals surface area contributed by atoms with Crippen LogP contribution in [-0.2, 0) is 25.6 Å². The van der Waals surface area contributed by atoms with Crippen LogP contribution in [0.25, 0.3) is 0 Å². The molecule has 2 aliphatic rings. The van der Waals surface area contributed by atoms with E-state index in [4.69, 9.17) is 49.0 Å². The molecule has 0 bridgehead atoms. The van der Waals surface area contributed by atoms with Crippen LogP contribution in [-0.4, -0.2) is 77.0 Å². The summed E-state index contributed by atoms with van der Waals surface area (Å²) in [5, 5.41) is 2.64. The molecular formula is C30H43Cl3N4O6. The summed E-state index contributed by atoms with van der Waals surface area (Å²) in [5.74, 6) is -0.0304. The maximum Gasteiger partial charge on any atom is 0.413 e. The topological polar surface area (TPSA) is 110 Å². The highest BCUT2D eigenvalue weighted by Crippen LogP contribution is 2.35. The van der Waals surface area contributed by atoms with Crippen molar-refractivity contribution in [2.75, 3.05) is 33.4 Å². The van der Waals surface area contributed by atoms with E-state index in [1.165, 1.54) is 19.3 Å². The standard InChI is InChI=1S/C30H43Cl3N4O6/c1-20(2)18-43-29(40)35-28-34-25-13-12-24(41-14-8-11-26(38)36(4)23-9-6-5-7-10-23)15-22(25)16-37(28)17-27(39)42-19-21(3)30(31,32)33/h12-13,15,20-21,23H,5-11,14,16-19H2,1-4H3,(H,34,35,40). The lowest BCUT2D eigenvalue weighted by atomic mass is 9.94. The number of halogens is 3. The number of nitrogens with zero attached hydrogens (tertiary/aromatic N) is 3. The first-order valence-corrected chi connectivity index (χ1v) is 16.0. The highest BCUT2D eigenvalue weighted by molar-refractivity contribution is 6.67. The van der Waals surface area contributed by atoms with Gasteiger partial charge in [0.15, 0.2) is 3.79 Å². The molecule has 1 aliphatic carbocycles. The molecule has 0 radical (unpaired) electrons. The molecule has 1 unspecified atom stereocenters. The number of hydrogen-bond donors (Lipinski definition) is 1. The van der Waals surface area contributed by atoms with Crippen LogP contribution >= 0.6 is 34.8 Å². The molecule has 2 amide bonds. The fraction of sp³-hybridized carbons (Fsp3) is 0.667. The second-order valence-corrected chi connectivity index (χ2v) is 13.9. The van der Waals surface area contributed by atoms with Crippen molar-refractivity contribution in [1.29, 1.82) is 0 Å². The van der Waals surface area contributed by atoms with Gasteiger partial charge < -0.3 is 24.0 Å². The third-order valence-electron chi connectivity index (χ3n) is 7.39. The Morgan fingerprint density at radius 3 is 2.49 bits per heavy atom. The van der Waals surface area contributed by atoms with Crippen molar-refractivity contribution in [3.8, 4) is 5.75 Å². The van der Waals surface area contributed by atoms with Gasteiger partial charge in [0.05, 0.1) is 25.5 Å². The molecule has 1 fully saturated rings. The number of fused-ring (bicyclic) bond motifs is 1. The van der Waals surface area contributed by atoms with Crippen molar-refractivity contribution in [2.45, 2.75) is 82.1 Å². The number of alkyl halides is 3. The maximum atomic E-state index is 12.7. The fourth-order valence-electron chi connectivity index (χ4n) is 4.74. The van der Waals surface area contributed by atoms with Gasteiger partial charge in [-0.3, -0.25) is 14.9 Å².